The fourth-order valence-electron chi connectivity index (χ4n) is 3.81. The van der Waals surface area contributed by atoms with E-state index in [0.717, 1.165) is 51.9 Å². The van der Waals surface area contributed by atoms with Gasteiger partial charge in [-0.1, -0.05) is 25.7 Å². The van der Waals surface area contributed by atoms with Crippen LogP contribution in [0.4, 0.5) is 0 Å². The number of carbonyl (C=O) groups is 2. The Hall–Kier alpha value is -0.940. The Bertz CT molecular complexity index is 371. The van der Waals surface area contributed by atoms with Crippen LogP contribution < -0.4 is 5.32 Å². The average molecular weight is 279 g/mol. The van der Waals surface area contributed by atoms with E-state index in [9.17, 15) is 9.59 Å². The first-order chi connectivity index (χ1) is 9.77. The summed E-state index contributed by atoms with van der Waals surface area (Å²) in [5.41, 5.74) is 0. The minimum absolute atomic E-state index is 0.0606. The summed E-state index contributed by atoms with van der Waals surface area (Å²) in [6.45, 7) is 3.59. The minimum Gasteiger partial charge on any atom is -0.314 e. The van der Waals surface area contributed by atoms with Crippen LogP contribution in [0.5, 0.6) is 0 Å². The van der Waals surface area contributed by atoms with Crippen LogP contribution in [0.25, 0.3) is 0 Å². The van der Waals surface area contributed by atoms with Gasteiger partial charge in [0.15, 0.2) is 0 Å². The molecule has 0 radical (unpaired) electrons. The van der Waals surface area contributed by atoms with Crippen molar-refractivity contribution >= 4 is 11.8 Å². The molecule has 1 N–H and O–H groups in total. The largest absolute Gasteiger partial charge is 0.314 e. The van der Waals surface area contributed by atoms with Gasteiger partial charge in [0.2, 0.25) is 11.8 Å². The average Bonchev–Trinajstić information content (AvgIpc) is 2.67. The molecule has 0 aromatic rings. The summed E-state index contributed by atoms with van der Waals surface area (Å²) in [6, 6.07) is -0.0155. The van der Waals surface area contributed by atoms with Gasteiger partial charge in [-0.2, -0.15) is 0 Å². The number of likely N-dealkylation sites (tertiary alicyclic amines) is 1. The molecule has 112 valence electrons. The van der Waals surface area contributed by atoms with Gasteiger partial charge >= 0.3 is 0 Å². The zero-order chi connectivity index (χ0) is 13.9. The number of piperazine rings is 1. The van der Waals surface area contributed by atoms with Crippen LogP contribution in [0.15, 0.2) is 0 Å². The highest BCUT2D eigenvalue weighted by Crippen LogP contribution is 2.28. The number of carbonyl (C=O) groups excluding carboxylic acids is 2. The van der Waals surface area contributed by atoms with Gasteiger partial charge in [0.05, 0.1) is 12.5 Å². The Morgan fingerprint density at radius 3 is 2.25 bits per heavy atom. The van der Waals surface area contributed by atoms with E-state index in [1.807, 2.05) is 0 Å². The van der Waals surface area contributed by atoms with Gasteiger partial charge in [0.25, 0.3) is 0 Å². The number of imide groups is 1. The maximum Gasteiger partial charge on any atom is 0.247 e. The third-order valence-electron chi connectivity index (χ3n) is 4.94. The second kappa shape index (κ2) is 6.22. The maximum absolute atomic E-state index is 12.7. The molecule has 3 aliphatic rings. The van der Waals surface area contributed by atoms with Crippen LogP contribution in [-0.4, -0.2) is 59.9 Å². The van der Waals surface area contributed by atoms with Gasteiger partial charge in [-0.3, -0.25) is 19.4 Å². The van der Waals surface area contributed by atoms with Crippen molar-refractivity contribution in [2.45, 2.75) is 57.0 Å². The number of nitrogens with one attached hydrogen (secondary N) is 1. The standard InChI is InChI=1S/C15H25N3O2/c19-14-11-13(17-9-7-16-8-10-17)15(20)18(14)12-5-3-1-2-4-6-12/h12-13,16H,1-11H2. The van der Waals surface area contributed by atoms with Crippen molar-refractivity contribution in [1.29, 1.82) is 0 Å². The molecule has 20 heavy (non-hydrogen) atoms. The van der Waals surface area contributed by atoms with E-state index in [4.69, 9.17) is 0 Å². The first-order valence-electron chi connectivity index (χ1n) is 8.08. The smallest absolute Gasteiger partial charge is 0.247 e. The second-order valence-electron chi connectivity index (χ2n) is 6.25. The molecule has 1 atom stereocenters. The van der Waals surface area contributed by atoms with E-state index < -0.39 is 0 Å². The van der Waals surface area contributed by atoms with Crippen molar-refractivity contribution in [3.05, 3.63) is 0 Å². The third kappa shape index (κ3) is 2.74. The van der Waals surface area contributed by atoms with Crippen LogP contribution in [0.3, 0.4) is 0 Å². The Kier molecular flexibility index (Phi) is 4.36. The van der Waals surface area contributed by atoms with Crippen molar-refractivity contribution < 1.29 is 9.59 Å². The second-order valence-corrected chi connectivity index (χ2v) is 6.25. The van der Waals surface area contributed by atoms with Gasteiger partial charge < -0.3 is 5.32 Å². The van der Waals surface area contributed by atoms with Crippen LogP contribution in [-0.2, 0) is 9.59 Å². The zero-order valence-electron chi connectivity index (χ0n) is 12.1. The fraction of sp³-hybridized carbons (Fsp3) is 0.867. The van der Waals surface area contributed by atoms with E-state index >= 15 is 0 Å². The highest BCUT2D eigenvalue weighted by molar-refractivity contribution is 6.05. The summed E-state index contributed by atoms with van der Waals surface area (Å²) in [6.07, 6.45) is 7.20. The van der Waals surface area contributed by atoms with E-state index in [-0.39, 0.29) is 23.9 Å². The number of rotatable bonds is 2. The molecule has 2 aliphatic heterocycles. The first kappa shape index (κ1) is 14.0. The quantitative estimate of drug-likeness (QED) is 0.598. The van der Waals surface area contributed by atoms with Gasteiger partial charge in [-0.25, -0.2) is 0 Å². The van der Waals surface area contributed by atoms with E-state index in [0.29, 0.717) is 6.42 Å². The molecule has 5 nitrogen and oxygen atoms in total. The van der Waals surface area contributed by atoms with Crippen molar-refractivity contribution in [3.8, 4) is 0 Å². The van der Waals surface area contributed by atoms with E-state index in [1.54, 1.807) is 4.90 Å². The summed E-state index contributed by atoms with van der Waals surface area (Å²) < 4.78 is 0. The molecule has 2 amide bonds. The molecule has 0 bridgehead atoms. The summed E-state index contributed by atoms with van der Waals surface area (Å²) >= 11 is 0. The maximum atomic E-state index is 12.7. The van der Waals surface area contributed by atoms with Crippen LogP contribution in [0.2, 0.25) is 0 Å². The first-order valence-corrected chi connectivity index (χ1v) is 8.08. The van der Waals surface area contributed by atoms with E-state index in [1.165, 1.54) is 12.8 Å². The number of nitrogens with zero attached hydrogens (tertiary/aromatic N) is 2. The molecule has 5 heteroatoms. The van der Waals surface area contributed by atoms with Crippen molar-refractivity contribution in [1.82, 2.24) is 15.1 Å². The number of amides is 2. The Labute approximate surface area is 120 Å². The molecule has 3 fully saturated rings. The zero-order valence-corrected chi connectivity index (χ0v) is 12.1. The molecular formula is C15H25N3O2. The van der Waals surface area contributed by atoms with Crippen LogP contribution in [0.1, 0.15) is 44.9 Å². The normalized spacial score (nSPS) is 30.8. The lowest BCUT2D eigenvalue weighted by atomic mass is 10.1. The molecule has 1 saturated carbocycles. The van der Waals surface area contributed by atoms with Crippen LogP contribution >= 0.6 is 0 Å². The Morgan fingerprint density at radius 2 is 1.60 bits per heavy atom. The number of hydrogen-bond donors (Lipinski definition) is 1. The number of hydrogen-bond acceptors (Lipinski definition) is 4. The lowest BCUT2D eigenvalue weighted by Gasteiger charge is -2.32. The third-order valence-corrected chi connectivity index (χ3v) is 4.94. The molecule has 2 heterocycles. The lowest BCUT2D eigenvalue weighted by molar-refractivity contribution is -0.142. The van der Waals surface area contributed by atoms with E-state index in [2.05, 4.69) is 10.2 Å². The topological polar surface area (TPSA) is 52.7 Å². The van der Waals surface area contributed by atoms with Gasteiger partial charge in [0.1, 0.15) is 0 Å². The molecule has 0 aromatic carbocycles. The highest BCUT2D eigenvalue weighted by atomic mass is 16.2. The van der Waals surface area contributed by atoms with Gasteiger partial charge in [-0.05, 0) is 12.8 Å². The summed E-state index contributed by atoms with van der Waals surface area (Å²) in [7, 11) is 0. The Balaban J connectivity index is 1.69. The molecule has 1 unspecified atom stereocenters. The summed E-state index contributed by atoms with van der Waals surface area (Å²) in [4.78, 5) is 28.8. The predicted octanol–water partition coefficient (Wildman–Crippen LogP) is 0.742. The molecular weight excluding hydrogens is 254 g/mol. The minimum atomic E-state index is -0.187. The van der Waals surface area contributed by atoms with Crippen LogP contribution in [0, 0.1) is 0 Å². The predicted molar refractivity (Wildman–Crippen MR) is 76.2 cm³/mol. The Morgan fingerprint density at radius 1 is 0.950 bits per heavy atom. The fourth-order valence-corrected chi connectivity index (χ4v) is 3.81. The van der Waals surface area contributed by atoms with Crippen molar-refractivity contribution in [3.63, 3.8) is 0 Å². The lowest BCUT2D eigenvalue weighted by Crippen LogP contribution is -2.52. The molecule has 2 saturated heterocycles. The molecule has 1 aliphatic carbocycles. The van der Waals surface area contributed by atoms with Gasteiger partial charge in [0, 0.05) is 32.2 Å². The van der Waals surface area contributed by atoms with Crippen molar-refractivity contribution in [2.24, 2.45) is 0 Å². The van der Waals surface area contributed by atoms with Gasteiger partial charge in [-0.15, -0.1) is 0 Å². The highest BCUT2D eigenvalue weighted by Gasteiger charge is 2.44. The van der Waals surface area contributed by atoms with Crippen molar-refractivity contribution in [2.75, 3.05) is 26.2 Å². The SMILES string of the molecule is O=C1CC(N2CCNCC2)C(=O)N1C1CCCCCC1. The summed E-state index contributed by atoms with van der Waals surface area (Å²) in [5, 5.41) is 3.30. The molecule has 3 rings (SSSR count). The summed E-state index contributed by atoms with van der Waals surface area (Å²) in [5.74, 6) is 0.134. The molecule has 0 spiro atoms. The monoisotopic (exact) mass is 279 g/mol. The molecule has 0 aromatic heterocycles.